The van der Waals surface area contributed by atoms with Crippen LogP contribution in [-0.2, 0) is 4.79 Å². The Hall–Kier alpha value is -2.04. The Balaban J connectivity index is 0.00000320. The summed E-state index contributed by atoms with van der Waals surface area (Å²) in [5, 5.41) is 12.0. The van der Waals surface area contributed by atoms with Crippen LogP contribution in [0.3, 0.4) is 0 Å². The van der Waals surface area contributed by atoms with Gasteiger partial charge in [0.15, 0.2) is 5.13 Å². The lowest BCUT2D eigenvalue weighted by Crippen LogP contribution is -2.32. The van der Waals surface area contributed by atoms with E-state index in [-0.39, 0.29) is 23.3 Å². The van der Waals surface area contributed by atoms with Gasteiger partial charge in [-0.15, -0.1) is 12.4 Å². The fraction of sp³-hybridized carbons (Fsp3) is 0.263. The maximum absolute atomic E-state index is 12.9. The highest BCUT2D eigenvalue weighted by Crippen LogP contribution is 2.33. The van der Waals surface area contributed by atoms with E-state index in [0.29, 0.717) is 27.1 Å². The average Bonchev–Trinajstić information content (AvgIpc) is 3.31. The molecule has 0 unspecified atom stereocenters. The molecule has 11 heteroatoms. The number of thiophene rings is 1. The van der Waals surface area contributed by atoms with E-state index in [4.69, 9.17) is 11.6 Å². The van der Waals surface area contributed by atoms with Crippen molar-refractivity contribution in [3.63, 3.8) is 0 Å². The van der Waals surface area contributed by atoms with E-state index in [9.17, 15) is 14.9 Å². The SMILES string of the molecule is CN(C)CCCN(C(=O)C=Cc1ccc([N+](=O)[O-])s1)c1nc2c(Cl)cccc2s1.Cl. The third-order valence-corrected chi connectivity index (χ3v) is 6.38. The standard InChI is InChI=1S/C19H19ClN4O3S2.ClH/c1-22(2)11-4-12-23(19-21-18-14(20)5-3-6-15(18)29-19)16(25)9-7-13-8-10-17(28-13)24(26)27;/h3,5-10H,4,11-12H2,1-2H3;1H. The summed E-state index contributed by atoms with van der Waals surface area (Å²) in [6.07, 6.45) is 3.80. The second kappa shape index (κ2) is 10.8. The van der Waals surface area contributed by atoms with Gasteiger partial charge in [0.2, 0.25) is 0 Å². The average molecular weight is 487 g/mol. The highest BCUT2D eigenvalue weighted by Gasteiger charge is 2.19. The number of para-hydroxylation sites is 1. The molecular weight excluding hydrogens is 467 g/mol. The molecule has 0 spiro atoms. The van der Waals surface area contributed by atoms with Crippen LogP contribution in [-0.4, -0.2) is 47.9 Å². The van der Waals surface area contributed by atoms with E-state index >= 15 is 0 Å². The van der Waals surface area contributed by atoms with Crippen molar-refractivity contribution in [1.29, 1.82) is 0 Å². The molecule has 0 bridgehead atoms. The summed E-state index contributed by atoms with van der Waals surface area (Å²) in [6, 6.07) is 8.61. The second-order valence-electron chi connectivity index (χ2n) is 6.50. The van der Waals surface area contributed by atoms with Gasteiger partial charge in [-0.3, -0.25) is 19.8 Å². The Bertz CT molecular complexity index is 1070. The minimum absolute atomic E-state index is 0. The van der Waals surface area contributed by atoms with E-state index in [2.05, 4.69) is 9.88 Å². The number of fused-ring (bicyclic) bond motifs is 1. The van der Waals surface area contributed by atoms with Gasteiger partial charge in [-0.05, 0) is 51.3 Å². The van der Waals surface area contributed by atoms with Crippen molar-refractivity contribution < 1.29 is 9.72 Å². The smallest absolute Gasteiger partial charge is 0.309 e. The van der Waals surface area contributed by atoms with Gasteiger partial charge in [0.25, 0.3) is 5.91 Å². The Kier molecular flexibility index (Phi) is 8.75. The molecule has 0 aliphatic rings. The normalized spacial score (nSPS) is 11.2. The third-order valence-electron chi connectivity index (χ3n) is 4.03. The van der Waals surface area contributed by atoms with E-state index in [1.807, 2.05) is 26.2 Å². The molecule has 3 aromatic rings. The lowest BCUT2D eigenvalue weighted by molar-refractivity contribution is -0.380. The molecule has 7 nitrogen and oxygen atoms in total. The third kappa shape index (κ3) is 5.99. The molecule has 0 saturated carbocycles. The number of carbonyl (C=O) groups excluding carboxylic acids is 1. The van der Waals surface area contributed by atoms with Crippen LogP contribution in [0.25, 0.3) is 16.3 Å². The number of anilines is 1. The lowest BCUT2D eigenvalue weighted by Gasteiger charge is -2.19. The van der Waals surface area contributed by atoms with Gasteiger partial charge in [-0.25, -0.2) is 4.98 Å². The van der Waals surface area contributed by atoms with Crippen molar-refractivity contribution in [3.8, 4) is 0 Å². The molecule has 160 valence electrons. The largest absolute Gasteiger partial charge is 0.324 e. The predicted molar refractivity (Wildman–Crippen MR) is 127 cm³/mol. The molecule has 3 rings (SSSR count). The number of rotatable bonds is 8. The molecule has 0 radical (unpaired) electrons. The molecule has 2 aromatic heterocycles. The summed E-state index contributed by atoms with van der Waals surface area (Å²) in [6.45, 7) is 1.33. The topological polar surface area (TPSA) is 79.6 Å². The Morgan fingerprint density at radius 1 is 1.23 bits per heavy atom. The first-order chi connectivity index (χ1) is 13.8. The summed E-state index contributed by atoms with van der Waals surface area (Å²) >= 11 is 8.67. The minimum Gasteiger partial charge on any atom is -0.309 e. The van der Waals surface area contributed by atoms with E-state index in [1.54, 1.807) is 23.1 Å². The number of amides is 1. The Morgan fingerprint density at radius 3 is 2.63 bits per heavy atom. The fourth-order valence-electron chi connectivity index (χ4n) is 2.64. The number of nitro groups is 1. The number of nitrogens with zero attached hydrogens (tertiary/aromatic N) is 4. The van der Waals surface area contributed by atoms with Gasteiger partial charge in [0, 0.05) is 23.6 Å². The number of hydrogen-bond donors (Lipinski definition) is 0. The first-order valence-corrected chi connectivity index (χ1v) is 10.8. The molecule has 1 amide bonds. The van der Waals surface area contributed by atoms with Crippen LogP contribution in [0, 0.1) is 10.1 Å². The maximum atomic E-state index is 12.9. The van der Waals surface area contributed by atoms with Crippen LogP contribution < -0.4 is 4.90 Å². The zero-order chi connectivity index (χ0) is 21.0. The van der Waals surface area contributed by atoms with Crippen molar-refractivity contribution >= 4 is 79.0 Å². The van der Waals surface area contributed by atoms with Crippen LogP contribution in [0.5, 0.6) is 0 Å². The van der Waals surface area contributed by atoms with Crippen molar-refractivity contribution in [3.05, 3.63) is 56.4 Å². The molecule has 0 saturated heterocycles. The lowest BCUT2D eigenvalue weighted by atomic mass is 10.3. The molecular formula is C19H20Cl2N4O3S2. The fourth-order valence-corrected chi connectivity index (χ4v) is 4.66. The van der Waals surface area contributed by atoms with Crippen molar-refractivity contribution in [1.82, 2.24) is 9.88 Å². The second-order valence-corrected chi connectivity index (χ2v) is 9.01. The van der Waals surface area contributed by atoms with E-state index in [1.165, 1.54) is 23.5 Å². The van der Waals surface area contributed by atoms with Crippen LogP contribution >= 0.6 is 46.7 Å². The van der Waals surface area contributed by atoms with Crippen LogP contribution in [0.1, 0.15) is 11.3 Å². The van der Waals surface area contributed by atoms with Crippen LogP contribution in [0.15, 0.2) is 36.4 Å². The summed E-state index contributed by atoms with van der Waals surface area (Å²) in [4.78, 5) is 32.2. The molecule has 2 heterocycles. The molecule has 0 atom stereocenters. The quantitative estimate of drug-likeness (QED) is 0.244. The molecule has 30 heavy (non-hydrogen) atoms. The van der Waals surface area contributed by atoms with Gasteiger partial charge in [-0.1, -0.05) is 40.3 Å². The molecule has 0 N–H and O–H groups in total. The number of aromatic nitrogens is 1. The highest BCUT2D eigenvalue weighted by atomic mass is 35.5. The minimum atomic E-state index is -0.442. The number of hydrogen-bond acceptors (Lipinski definition) is 7. The van der Waals surface area contributed by atoms with Crippen molar-refractivity contribution in [2.75, 3.05) is 32.1 Å². The molecule has 1 aromatic carbocycles. The number of thiazole rings is 1. The van der Waals surface area contributed by atoms with Crippen LogP contribution in [0.2, 0.25) is 5.02 Å². The zero-order valence-electron chi connectivity index (χ0n) is 16.3. The first-order valence-electron chi connectivity index (χ1n) is 8.79. The highest BCUT2D eigenvalue weighted by molar-refractivity contribution is 7.22. The maximum Gasteiger partial charge on any atom is 0.324 e. The van der Waals surface area contributed by atoms with Crippen LogP contribution in [0.4, 0.5) is 10.1 Å². The predicted octanol–water partition coefficient (Wildman–Crippen LogP) is 5.34. The van der Waals surface area contributed by atoms with Crippen molar-refractivity contribution in [2.24, 2.45) is 0 Å². The van der Waals surface area contributed by atoms with Crippen molar-refractivity contribution in [2.45, 2.75) is 6.42 Å². The Morgan fingerprint density at radius 2 is 2.00 bits per heavy atom. The number of carbonyl (C=O) groups is 1. The van der Waals surface area contributed by atoms with Gasteiger partial charge in [0.05, 0.1) is 14.6 Å². The first kappa shape index (κ1) is 24.2. The summed E-state index contributed by atoms with van der Waals surface area (Å²) in [5.41, 5.74) is 0.678. The summed E-state index contributed by atoms with van der Waals surface area (Å²) < 4.78 is 0.913. The molecule has 0 aliphatic carbocycles. The molecule has 0 fully saturated rings. The van der Waals surface area contributed by atoms with Gasteiger partial charge < -0.3 is 4.90 Å². The van der Waals surface area contributed by atoms with E-state index < -0.39 is 4.92 Å². The monoisotopic (exact) mass is 486 g/mol. The van der Waals surface area contributed by atoms with Gasteiger partial charge in [-0.2, -0.15) is 0 Å². The summed E-state index contributed by atoms with van der Waals surface area (Å²) in [5.74, 6) is -0.227. The zero-order valence-corrected chi connectivity index (χ0v) is 19.5. The number of benzene rings is 1. The van der Waals surface area contributed by atoms with E-state index in [0.717, 1.165) is 29.0 Å². The van der Waals surface area contributed by atoms with Gasteiger partial charge >= 0.3 is 5.00 Å². The summed E-state index contributed by atoms with van der Waals surface area (Å²) in [7, 11) is 3.96. The van der Waals surface area contributed by atoms with Gasteiger partial charge in [0.1, 0.15) is 5.52 Å². The molecule has 0 aliphatic heterocycles. The number of halogens is 2. The Labute approximate surface area is 193 Å².